The third-order valence-corrected chi connectivity index (χ3v) is 3.99. The van der Waals surface area contributed by atoms with Gasteiger partial charge in [-0.25, -0.2) is 4.98 Å². The fourth-order valence-corrected chi connectivity index (χ4v) is 2.81. The highest BCUT2D eigenvalue weighted by Crippen LogP contribution is 2.29. The van der Waals surface area contributed by atoms with Crippen LogP contribution in [0, 0.1) is 0 Å². The van der Waals surface area contributed by atoms with Gasteiger partial charge in [0.05, 0.1) is 23.3 Å². The fraction of sp³-hybridized carbons (Fsp3) is 0.278. The molecule has 132 valence electrons. The van der Waals surface area contributed by atoms with Crippen LogP contribution >= 0.6 is 0 Å². The first-order valence-electron chi connectivity index (χ1n) is 7.78. The third-order valence-electron chi connectivity index (χ3n) is 3.99. The summed E-state index contributed by atoms with van der Waals surface area (Å²) in [5, 5.41) is 9.52. The summed E-state index contributed by atoms with van der Waals surface area (Å²) < 4.78 is 39.8. The van der Waals surface area contributed by atoms with E-state index in [1.807, 2.05) is 40.8 Å². The summed E-state index contributed by atoms with van der Waals surface area (Å²) in [7, 11) is 1.87. The molecule has 0 aliphatic heterocycles. The molecular formula is C18H18F3N3O. The number of aromatic nitrogens is 2. The maximum Gasteiger partial charge on any atom is 0.416 e. The van der Waals surface area contributed by atoms with E-state index in [9.17, 15) is 18.3 Å². The topological polar surface area (TPSA) is 41.3 Å². The van der Waals surface area contributed by atoms with Crippen LogP contribution in [0.3, 0.4) is 0 Å². The molecule has 0 aliphatic rings. The van der Waals surface area contributed by atoms with Crippen molar-refractivity contribution in [3.8, 4) is 0 Å². The number of aliphatic hydroxyl groups is 1. The highest BCUT2D eigenvalue weighted by atomic mass is 19.4. The van der Waals surface area contributed by atoms with Crippen LogP contribution in [0.2, 0.25) is 0 Å². The lowest BCUT2D eigenvalue weighted by molar-refractivity contribution is -0.137. The number of benzene rings is 2. The molecule has 0 fully saturated rings. The summed E-state index contributed by atoms with van der Waals surface area (Å²) in [6.45, 7) is 0.774. The average molecular weight is 349 g/mol. The molecular weight excluding hydrogens is 331 g/mol. The van der Waals surface area contributed by atoms with E-state index in [0.717, 1.165) is 28.7 Å². The average Bonchev–Trinajstić information content (AvgIpc) is 2.92. The van der Waals surface area contributed by atoms with Crippen LogP contribution in [0.5, 0.6) is 0 Å². The first kappa shape index (κ1) is 17.4. The molecule has 0 saturated carbocycles. The summed E-state index contributed by atoms with van der Waals surface area (Å²) in [6.07, 6.45) is -4.32. The summed E-state index contributed by atoms with van der Waals surface area (Å²) in [4.78, 5) is 6.35. The third kappa shape index (κ3) is 3.83. The first-order valence-corrected chi connectivity index (χ1v) is 7.78. The van der Waals surface area contributed by atoms with Crippen molar-refractivity contribution in [1.82, 2.24) is 14.5 Å². The van der Waals surface area contributed by atoms with Gasteiger partial charge in [-0.05, 0) is 36.9 Å². The van der Waals surface area contributed by atoms with E-state index in [0.29, 0.717) is 19.0 Å². The molecule has 0 spiro atoms. The standard InChI is InChI=1S/C18H18F3N3O/c1-23(10-13-6-8-14(9-7-13)18(19,20)21)12-24-16-5-3-2-4-15(16)22-17(24)11-25/h2-9,25H,10-12H2,1H3. The Morgan fingerprint density at radius 1 is 1.08 bits per heavy atom. The molecule has 4 nitrogen and oxygen atoms in total. The van der Waals surface area contributed by atoms with Crippen LogP contribution in [-0.2, 0) is 26.0 Å². The van der Waals surface area contributed by atoms with Crippen molar-refractivity contribution in [2.75, 3.05) is 7.05 Å². The molecule has 25 heavy (non-hydrogen) atoms. The van der Waals surface area contributed by atoms with Gasteiger partial charge in [0.15, 0.2) is 0 Å². The van der Waals surface area contributed by atoms with Crippen LogP contribution in [0.1, 0.15) is 17.0 Å². The van der Waals surface area contributed by atoms with Crippen molar-refractivity contribution in [2.45, 2.75) is 26.0 Å². The summed E-state index contributed by atoms with van der Waals surface area (Å²) in [5.74, 6) is 0.556. The molecule has 0 radical (unpaired) electrons. The largest absolute Gasteiger partial charge is 0.416 e. The summed E-state index contributed by atoms with van der Waals surface area (Å²) >= 11 is 0. The van der Waals surface area contributed by atoms with Gasteiger partial charge in [-0.15, -0.1) is 0 Å². The number of para-hydroxylation sites is 2. The van der Waals surface area contributed by atoms with Gasteiger partial charge in [0, 0.05) is 6.54 Å². The van der Waals surface area contributed by atoms with Gasteiger partial charge >= 0.3 is 6.18 Å². The number of imidazole rings is 1. The number of hydrogen-bond acceptors (Lipinski definition) is 3. The van der Waals surface area contributed by atoms with Gasteiger partial charge in [-0.3, -0.25) is 4.90 Å². The van der Waals surface area contributed by atoms with Crippen LogP contribution < -0.4 is 0 Å². The predicted octanol–water partition coefficient (Wildman–Crippen LogP) is 3.64. The zero-order chi connectivity index (χ0) is 18.0. The molecule has 7 heteroatoms. The minimum atomic E-state index is -4.32. The van der Waals surface area contributed by atoms with E-state index >= 15 is 0 Å². The van der Waals surface area contributed by atoms with E-state index in [4.69, 9.17) is 0 Å². The summed E-state index contributed by atoms with van der Waals surface area (Å²) in [6, 6.07) is 12.7. The Hall–Kier alpha value is -2.38. The molecule has 0 aliphatic carbocycles. The second kappa shape index (κ2) is 6.85. The molecule has 0 atom stereocenters. The molecule has 0 unspecified atom stereocenters. The Kier molecular flexibility index (Phi) is 4.78. The Bertz CT molecular complexity index is 856. The van der Waals surface area contributed by atoms with E-state index in [2.05, 4.69) is 4.98 Å². The number of fused-ring (bicyclic) bond motifs is 1. The molecule has 0 saturated heterocycles. The monoisotopic (exact) mass is 349 g/mol. The van der Waals surface area contributed by atoms with Crippen molar-refractivity contribution in [2.24, 2.45) is 0 Å². The predicted molar refractivity (Wildman–Crippen MR) is 88.6 cm³/mol. The Labute approximate surface area is 143 Å². The molecule has 3 rings (SSSR count). The SMILES string of the molecule is CN(Cc1ccc(C(F)(F)F)cc1)Cn1c(CO)nc2ccccc21. The second-order valence-corrected chi connectivity index (χ2v) is 5.95. The highest BCUT2D eigenvalue weighted by Gasteiger charge is 2.29. The lowest BCUT2D eigenvalue weighted by Gasteiger charge is -2.19. The zero-order valence-electron chi connectivity index (χ0n) is 13.7. The van der Waals surface area contributed by atoms with Crippen LogP contribution in [0.4, 0.5) is 13.2 Å². The normalized spacial score (nSPS) is 12.2. The molecule has 1 N–H and O–H groups in total. The number of halogens is 3. The first-order chi connectivity index (χ1) is 11.9. The van der Waals surface area contributed by atoms with Gasteiger partial charge in [0.1, 0.15) is 12.4 Å². The van der Waals surface area contributed by atoms with Gasteiger partial charge in [-0.2, -0.15) is 13.2 Å². The molecule has 1 heterocycles. The zero-order valence-corrected chi connectivity index (χ0v) is 13.7. The second-order valence-electron chi connectivity index (χ2n) is 5.95. The van der Waals surface area contributed by atoms with Gasteiger partial charge in [-0.1, -0.05) is 24.3 Å². The van der Waals surface area contributed by atoms with Crippen molar-refractivity contribution in [1.29, 1.82) is 0 Å². The highest BCUT2D eigenvalue weighted by molar-refractivity contribution is 5.75. The summed E-state index contributed by atoms with van der Waals surface area (Å²) in [5.41, 5.74) is 1.84. The Morgan fingerprint density at radius 2 is 1.76 bits per heavy atom. The number of nitrogens with zero attached hydrogens (tertiary/aromatic N) is 3. The van der Waals surface area contributed by atoms with Crippen molar-refractivity contribution < 1.29 is 18.3 Å². The van der Waals surface area contributed by atoms with Gasteiger partial charge in [0.25, 0.3) is 0 Å². The van der Waals surface area contributed by atoms with Gasteiger partial charge < -0.3 is 9.67 Å². The van der Waals surface area contributed by atoms with E-state index < -0.39 is 11.7 Å². The molecule has 3 aromatic rings. The fourth-order valence-electron chi connectivity index (χ4n) is 2.81. The molecule has 0 amide bonds. The lowest BCUT2D eigenvalue weighted by atomic mass is 10.1. The Balaban J connectivity index is 1.76. The number of alkyl halides is 3. The van der Waals surface area contributed by atoms with E-state index in [1.165, 1.54) is 12.1 Å². The van der Waals surface area contributed by atoms with Crippen molar-refractivity contribution in [3.05, 3.63) is 65.5 Å². The number of aliphatic hydroxyl groups excluding tert-OH is 1. The van der Waals surface area contributed by atoms with E-state index in [-0.39, 0.29) is 6.61 Å². The number of hydrogen-bond donors (Lipinski definition) is 1. The maximum absolute atomic E-state index is 12.6. The minimum Gasteiger partial charge on any atom is -0.388 e. The molecule has 0 bridgehead atoms. The quantitative estimate of drug-likeness (QED) is 0.765. The molecule has 2 aromatic carbocycles. The van der Waals surface area contributed by atoms with Gasteiger partial charge in [0.2, 0.25) is 0 Å². The van der Waals surface area contributed by atoms with Crippen molar-refractivity contribution >= 4 is 11.0 Å². The van der Waals surface area contributed by atoms with Crippen LogP contribution in [-0.4, -0.2) is 26.6 Å². The van der Waals surface area contributed by atoms with E-state index in [1.54, 1.807) is 0 Å². The van der Waals surface area contributed by atoms with Crippen molar-refractivity contribution in [3.63, 3.8) is 0 Å². The Morgan fingerprint density at radius 3 is 2.40 bits per heavy atom. The maximum atomic E-state index is 12.6. The number of rotatable bonds is 5. The van der Waals surface area contributed by atoms with Crippen LogP contribution in [0.25, 0.3) is 11.0 Å². The van der Waals surface area contributed by atoms with Crippen LogP contribution in [0.15, 0.2) is 48.5 Å². The molecule has 1 aromatic heterocycles. The minimum absolute atomic E-state index is 0.178. The smallest absolute Gasteiger partial charge is 0.388 e. The lowest BCUT2D eigenvalue weighted by Crippen LogP contribution is -2.23.